The van der Waals surface area contributed by atoms with Gasteiger partial charge in [-0.1, -0.05) is 26.8 Å². The van der Waals surface area contributed by atoms with Crippen LogP contribution >= 0.6 is 0 Å². The highest BCUT2D eigenvalue weighted by molar-refractivity contribution is 5.78. The van der Waals surface area contributed by atoms with Crippen molar-refractivity contribution in [1.29, 1.82) is 0 Å². The molecule has 16 heteroatoms. The fourth-order valence-electron chi connectivity index (χ4n) is 7.63. The molecule has 0 amide bonds. The second-order valence-corrected chi connectivity index (χ2v) is 14.1. The molecule has 3 fully saturated rings. The first kappa shape index (κ1) is 39.5. The zero-order valence-corrected chi connectivity index (χ0v) is 30.1. The molecule has 2 aliphatic heterocycles. The lowest BCUT2D eigenvalue weighted by atomic mass is 9.51. The van der Waals surface area contributed by atoms with Crippen LogP contribution in [0.5, 0.6) is 0 Å². The lowest BCUT2D eigenvalue weighted by Gasteiger charge is -2.59. The van der Waals surface area contributed by atoms with E-state index in [4.69, 9.17) is 37.9 Å². The van der Waals surface area contributed by atoms with Gasteiger partial charge in [-0.25, -0.2) is 0 Å². The summed E-state index contributed by atoms with van der Waals surface area (Å²) in [5, 5.41) is 12.9. The van der Waals surface area contributed by atoms with Crippen molar-refractivity contribution in [1.82, 2.24) is 0 Å². The molecule has 51 heavy (non-hydrogen) atoms. The molecule has 0 unspecified atom stereocenters. The van der Waals surface area contributed by atoms with E-state index in [1.165, 1.54) is 39.0 Å². The number of carbonyl (C=O) groups is 7. The molecule has 0 aromatic carbocycles. The highest BCUT2D eigenvalue weighted by Gasteiger charge is 2.81. The van der Waals surface area contributed by atoms with E-state index in [1.807, 2.05) is 0 Å². The number of aliphatic hydroxyl groups is 1. The Balaban J connectivity index is 2.16. The predicted molar refractivity (Wildman–Crippen MR) is 170 cm³/mol. The van der Waals surface area contributed by atoms with Gasteiger partial charge in [0, 0.05) is 47.0 Å². The highest BCUT2D eigenvalue weighted by Crippen LogP contribution is 2.63. The molecule has 11 atom stereocenters. The average molecular weight is 723 g/mol. The minimum absolute atomic E-state index is 0.119. The topological polar surface area (TPSA) is 217 Å². The Hall–Kier alpha value is -4.31. The van der Waals surface area contributed by atoms with Gasteiger partial charge in [-0.3, -0.25) is 33.6 Å². The number of carbonyl (C=O) groups excluding carboxylic acids is 7. The molecule has 0 aromatic heterocycles. The molecule has 1 spiro atoms. The van der Waals surface area contributed by atoms with Gasteiger partial charge >= 0.3 is 41.8 Å². The third kappa shape index (κ3) is 7.66. The Bertz CT molecular complexity index is 1510. The van der Waals surface area contributed by atoms with E-state index in [2.05, 4.69) is 0 Å². The van der Waals surface area contributed by atoms with E-state index < -0.39 is 107 Å². The lowest BCUT2D eigenvalue weighted by Crippen LogP contribution is -2.76. The summed E-state index contributed by atoms with van der Waals surface area (Å²) in [5.41, 5.74) is -5.91. The molecule has 2 heterocycles. The van der Waals surface area contributed by atoms with Crippen LogP contribution in [0.2, 0.25) is 0 Å². The minimum Gasteiger partial charge on any atom is -0.461 e. The molecule has 2 aliphatic carbocycles. The van der Waals surface area contributed by atoms with Crippen molar-refractivity contribution in [3.05, 3.63) is 23.8 Å². The Morgan fingerprint density at radius 3 is 1.94 bits per heavy atom. The maximum absolute atomic E-state index is 13.6. The van der Waals surface area contributed by atoms with Gasteiger partial charge in [0.25, 0.3) is 0 Å². The number of rotatable bonds is 9. The van der Waals surface area contributed by atoms with Crippen molar-refractivity contribution in [2.45, 2.75) is 117 Å². The van der Waals surface area contributed by atoms with Gasteiger partial charge in [0.05, 0.1) is 17.9 Å². The number of hydrogen-bond donors (Lipinski definition) is 1. The Morgan fingerprint density at radius 1 is 0.863 bits per heavy atom. The Labute approximate surface area is 295 Å². The molecule has 1 saturated carbocycles. The number of epoxide rings is 1. The smallest absolute Gasteiger partial charge is 0.312 e. The SMILES string of the molecule is CC(=O)OCC1=C/[C@@H]2OC(=O)[C@H](C)[C@@]2(O)[C@@H](OC(C)=O)[C@H]2[C@@]3(CO3)[C@H](OC(C)=O)[C@H](OC(C)=O)[C@H](OC(=O)CC(C)C)[C@]2(C)[C@H](OC(C)=O)/C=C\1. The normalized spacial score (nSPS) is 38.4. The highest BCUT2D eigenvalue weighted by atomic mass is 16.7. The monoisotopic (exact) mass is 722 g/mol. The molecule has 1 N–H and O–H groups in total. The summed E-state index contributed by atoms with van der Waals surface area (Å²) in [5.74, 6) is -8.80. The first-order valence-electron chi connectivity index (χ1n) is 16.7. The molecule has 0 radical (unpaired) electrons. The number of ether oxygens (including phenoxy) is 8. The fourth-order valence-corrected chi connectivity index (χ4v) is 7.63. The van der Waals surface area contributed by atoms with E-state index >= 15 is 0 Å². The summed E-state index contributed by atoms with van der Waals surface area (Å²) in [7, 11) is 0. The molecule has 0 bridgehead atoms. The van der Waals surface area contributed by atoms with Crippen LogP contribution in [0.1, 0.15) is 68.7 Å². The van der Waals surface area contributed by atoms with Gasteiger partial charge in [0.1, 0.15) is 24.4 Å². The van der Waals surface area contributed by atoms with Gasteiger partial charge in [-0.05, 0) is 30.6 Å². The zero-order chi connectivity index (χ0) is 38.2. The lowest BCUT2D eigenvalue weighted by molar-refractivity contribution is -0.279. The van der Waals surface area contributed by atoms with Crippen LogP contribution in [0.3, 0.4) is 0 Å². The van der Waals surface area contributed by atoms with Gasteiger partial charge in [-0.15, -0.1) is 0 Å². The Morgan fingerprint density at radius 2 is 1.43 bits per heavy atom. The first-order valence-corrected chi connectivity index (χ1v) is 16.7. The predicted octanol–water partition coefficient (Wildman–Crippen LogP) is 1.43. The van der Waals surface area contributed by atoms with E-state index in [0.717, 1.165) is 27.7 Å². The van der Waals surface area contributed by atoms with E-state index in [9.17, 15) is 38.7 Å². The van der Waals surface area contributed by atoms with Crippen molar-refractivity contribution in [3.63, 3.8) is 0 Å². The third-order valence-corrected chi connectivity index (χ3v) is 9.79. The Kier molecular flexibility index (Phi) is 11.4. The molecule has 4 rings (SSSR count). The summed E-state index contributed by atoms with van der Waals surface area (Å²) >= 11 is 0. The summed E-state index contributed by atoms with van der Waals surface area (Å²) < 4.78 is 46.6. The maximum atomic E-state index is 13.6. The summed E-state index contributed by atoms with van der Waals surface area (Å²) in [6.07, 6.45) is -5.60. The second kappa shape index (κ2) is 14.7. The van der Waals surface area contributed by atoms with Gasteiger partial charge in [-0.2, -0.15) is 0 Å². The largest absolute Gasteiger partial charge is 0.461 e. The van der Waals surface area contributed by atoms with Crippen LogP contribution in [0, 0.1) is 23.2 Å². The summed E-state index contributed by atoms with van der Waals surface area (Å²) in [4.78, 5) is 90.1. The number of esters is 7. The van der Waals surface area contributed by atoms with Crippen LogP contribution in [0.25, 0.3) is 0 Å². The quantitative estimate of drug-likeness (QED) is 0.202. The van der Waals surface area contributed by atoms with E-state index in [0.29, 0.717) is 0 Å². The van der Waals surface area contributed by atoms with Crippen LogP contribution < -0.4 is 0 Å². The minimum atomic E-state index is -2.43. The number of fused-ring (bicyclic) bond motifs is 3. The molecule has 0 aromatic rings. The van der Waals surface area contributed by atoms with E-state index in [1.54, 1.807) is 13.8 Å². The van der Waals surface area contributed by atoms with Gasteiger partial charge < -0.3 is 43.0 Å². The van der Waals surface area contributed by atoms with Crippen molar-refractivity contribution in [3.8, 4) is 0 Å². The third-order valence-electron chi connectivity index (χ3n) is 9.79. The molecular formula is C35H46O16. The molecule has 2 saturated heterocycles. The molecule has 282 valence electrons. The van der Waals surface area contributed by atoms with Gasteiger partial charge in [0.15, 0.2) is 30.0 Å². The van der Waals surface area contributed by atoms with Crippen LogP contribution in [0.15, 0.2) is 23.8 Å². The second-order valence-electron chi connectivity index (χ2n) is 14.1. The standard InChI is InChI=1S/C35H46O16/c1-16(2)12-26(41)51-29-27(47-20(6)38)30(48-21(7)39)34(15-45-34)28-31(49-22(8)40)35(43)17(3)32(42)50-25(35)13-23(14-44-18(4)36)10-11-24(33(28,29)9)46-19(5)37/h10-11,13,16-17,24-25,27-31,43H,12,14-15H2,1-9H3/b11-10-,23-13+/t17-,24+,25-,27+,28+,29-,30+,31-,33+,34-,35-/m0/s1. The zero-order valence-electron chi connectivity index (χ0n) is 30.1. The molecular weight excluding hydrogens is 676 g/mol. The van der Waals surface area contributed by atoms with Crippen LogP contribution in [-0.4, -0.2) is 108 Å². The van der Waals surface area contributed by atoms with Gasteiger partial charge in [0.2, 0.25) is 0 Å². The van der Waals surface area contributed by atoms with Crippen LogP contribution in [-0.2, 0) is 71.5 Å². The van der Waals surface area contributed by atoms with Crippen molar-refractivity contribution < 1.29 is 76.6 Å². The summed E-state index contributed by atoms with van der Waals surface area (Å²) in [6, 6.07) is 0. The molecule has 16 nitrogen and oxygen atoms in total. The fraction of sp³-hybridized carbons (Fsp3) is 0.686. The average Bonchev–Trinajstić information content (AvgIpc) is 3.75. The van der Waals surface area contributed by atoms with E-state index in [-0.39, 0.29) is 31.1 Å². The summed E-state index contributed by atoms with van der Waals surface area (Å²) in [6.45, 7) is 11.3. The van der Waals surface area contributed by atoms with Crippen LogP contribution in [0.4, 0.5) is 0 Å². The van der Waals surface area contributed by atoms with Crippen molar-refractivity contribution in [2.75, 3.05) is 13.2 Å². The molecule has 4 aliphatic rings. The van der Waals surface area contributed by atoms with Crippen molar-refractivity contribution in [2.24, 2.45) is 23.2 Å². The first-order chi connectivity index (χ1) is 23.7. The van der Waals surface area contributed by atoms with Crippen molar-refractivity contribution >= 4 is 41.8 Å². The number of hydrogen-bond acceptors (Lipinski definition) is 16. The maximum Gasteiger partial charge on any atom is 0.312 e.